The van der Waals surface area contributed by atoms with Crippen molar-refractivity contribution in [3.05, 3.63) is 47.9 Å². The Labute approximate surface area is 154 Å². The first-order valence-electron chi connectivity index (χ1n) is 8.46. The second kappa shape index (κ2) is 6.67. The van der Waals surface area contributed by atoms with Crippen molar-refractivity contribution in [1.29, 1.82) is 0 Å². The Hall–Kier alpha value is -3.08. The number of nitrogens with one attached hydrogen (secondary N) is 1. The summed E-state index contributed by atoms with van der Waals surface area (Å²) in [5.74, 6) is 0.907. The number of pyridine rings is 1. The highest BCUT2D eigenvalue weighted by Crippen LogP contribution is 2.37. The van der Waals surface area contributed by atoms with Gasteiger partial charge in [0.15, 0.2) is 0 Å². The normalized spacial score (nSPS) is 11.4. The van der Waals surface area contributed by atoms with E-state index >= 15 is 0 Å². The third-order valence-corrected chi connectivity index (χ3v) is 4.15. The van der Waals surface area contributed by atoms with E-state index in [0.29, 0.717) is 11.4 Å². The molecule has 0 unspecified atom stereocenters. The minimum atomic E-state index is -0.112. The first-order chi connectivity index (χ1) is 12.3. The van der Waals surface area contributed by atoms with Crippen LogP contribution in [0.15, 0.2) is 46.4 Å². The Morgan fingerprint density at radius 3 is 2.31 bits per heavy atom. The smallest absolute Gasteiger partial charge is 0.112 e. The third kappa shape index (κ3) is 3.33. The molecule has 3 rings (SSSR count). The third-order valence-electron chi connectivity index (χ3n) is 4.15. The van der Waals surface area contributed by atoms with E-state index in [9.17, 15) is 0 Å². The van der Waals surface area contributed by atoms with Gasteiger partial charge in [-0.2, -0.15) is 0 Å². The number of nitrogens with zero attached hydrogens (tertiary/aromatic N) is 4. The molecule has 0 amide bonds. The van der Waals surface area contributed by atoms with E-state index in [0.717, 1.165) is 34.2 Å². The van der Waals surface area contributed by atoms with Gasteiger partial charge in [-0.15, -0.1) is 0 Å². The zero-order valence-electron chi connectivity index (χ0n) is 15.7. The van der Waals surface area contributed by atoms with Gasteiger partial charge in [-0.1, -0.05) is 32.9 Å². The van der Waals surface area contributed by atoms with Crippen LogP contribution in [-0.2, 0) is 5.41 Å². The molecule has 0 aliphatic heterocycles. The molecule has 0 aliphatic rings. The molecule has 0 bridgehead atoms. The van der Waals surface area contributed by atoms with Crippen molar-refractivity contribution < 1.29 is 0 Å². The summed E-state index contributed by atoms with van der Waals surface area (Å²) in [6.45, 7) is 15.6. The van der Waals surface area contributed by atoms with Gasteiger partial charge in [-0.3, -0.25) is 15.0 Å². The van der Waals surface area contributed by atoms with Gasteiger partial charge < -0.3 is 4.98 Å². The molecule has 5 nitrogen and oxygen atoms in total. The summed E-state index contributed by atoms with van der Waals surface area (Å²) in [6, 6.07) is 11.8. The van der Waals surface area contributed by atoms with Crippen LogP contribution in [0.2, 0.25) is 0 Å². The SMILES string of the molecule is C=Nc1ccc(-c2nc(C(C)(C)C)[nH]c2-c2cccc(C)n2)cc1N=C. The van der Waals surface area contributed by atoms with Crippen LogP contribution in [-0.4, -0.2) is 28.4 Å². The quantitative estimate of drug-likeness (QED) is 0.643. The van der Waals surface area contributed by atoms with Crippen LogP contribution in [0.3, 0.4) is 0 Å². The van der Waals surface area contributed by atoms with Gasteiger partial charge in [0.2, 0.25) is 0 Å². The van der Waals surface area contributed by atoms with Crippen molar-refractivity contribution >= 4 is 24.8 Å². The van der Waals surface area contributed by atoms with Crippen LogP contribution < -0.4 is 0 Å². The first-order valence-corrected chi connectivity index (χ1v) is 8.46. The summed E-state index contributed by atoms with van der Waals surface area (Å²) in [5, 5.41) is 0. The fourth-order valence-corrected chi connectivity index (χ4v) is 2.74. The lowest BCUT2D eigenvalue weighted by atomic mass is 9.96. The van der Waals surface area contributed by atoms with Gasteiger partial charge in [0.05, 0.1) is 28.5 Å². The average molecular weight is 345 g/mol. The Morgan fingerprint density at radius 1 is 0.962 bits per heavy atom. The maximum Gasteiger partial charge on any atom is 0.112 e. The predicted molar refractivity (Wildman–Crippen MR) is 109 cm³/mol. The van der Waals surface area contributed by atoms with Crippen molar-refractivity contribution in [2.75, 3.05) is 0 Å². The molecule has 5 heteroatoms. The number of aromatic amines is 1. The molecule has 3 aromatic rings. The molecule has 132 valence electrons. The Balaban J connectivity index is 2.25. The average Bonchev–Trinajstić information content (AvgIpc) is 3.07. The second-order valence-electron chi connectivity index (χ2n) is 7.24. The van der Waals surface area contributed by atoms with Crippen molar-refractivity contribution in [1.82, 2.24) is 15.0 Å². The fourth-order valence-electron chi connectivity index (χ4n) is 2.74. The molecule has 0 atom stereocenters. The molecule has 0 saturated heterocycles. The van der Waals surface area contributed by atoms with Crippen molar-refractivity contribution in [2.24, 2.45) is 9.98 Å². The van der Waals surface area contributed by atoms with E-state index in [1.807, 2.05) is 43.3 Å². The molecule has 1 N–H and O–H groups in total. The Bertz CT molecular complexity index is 976. The minimum Gasteiger partial charge on any atom is -0.340 e. The van der Waals surface area contributed by atoms with Crippen LogP contribution in [0, 0.1) is 6.92 Å². The second-order valence-corrected chi connectivity index (χ2v) is 7.24. The maximum absolute atomic E-state index is 4.88. The van der Waals surface area contributed by atoms with Crippen molar-refractivity contribution in [3.8, 4) is 22.6 Å². The van der Waals surface area contributed by atoms with Gasteiger partial charge >= 0.3 is 0 Å². The maximum atomic E-state index is 4.88. The largest absolute Gasteiger partial charge is 0.340 e. The molecule has 1 aromatic carbocycles. The molecular weight excluding hydrogens is 322 g/mol. The van der Waals surface area contributed by atoms with E-state index in [-0.39, 0.29) is 5.41 Å². The molecule has 0 aliphatic carbocycles. The van der Waals surface area contributed by atoms with E-state index in [1.165, 1.54) is 0 Å². The van der Waals surface area contributed by atoms with Crippen LogP contribution in [0.5, 0.6) is 0 Å². The Morgan fingerprint density at radius 2 is 1.69 bits per heavy atom. The zero-order valence-corrected chi connectivity index (χ0v) is 15.7. The van der Waals surface area contributed by atoms with Crippen LogP contribution in [0.4, 0.5) is 11.4 Å². The minimum absolute atomic E-state index is 0.112. The fraction of sp³-hybridized carbons (Fsp3) is 0.238. The molecule has 0 fully saturated rings. The number of benzene rings is 1. The summed E-state index contributed by atoms with van der Waals surface area (Å²) in [7, 11) is 0. The van der Waals surface area contributed by atoms with Gasteiger partial charge in [0.1, 0.15) is 5.82 Å². The number of aliphatic imine (C=N–C) groups is 2. The monoisotopic (exact) mass is 345 g/mol. The standard InChI is InChI=1S/C21H23N5/c1-13-8-7-9-16(24-13)19-18(25-20(26-19)21(2,3)4)14-10-11-15(22-5)17(12-14)23-6/h7-12H,5-6H2,1-4H3,(H,25,26). The van der Waals surface area contributed by atoms with Gasteiger partial charge in [-0.05, 0) is 44.6 Å². The lowest BCUT2D eigenvalue weighted by Crippen LogP contribution is -2.13. The lowest BCUT2D eigenvalue weighted by molar-refractivity contribution is 0.553. The number of aromatic nitrogens is 3. The molecule has 0 radical (unpaired) electrons. The highest BCUT2D eigenvalue weighted by Gasteiger charge is 2.23. The van der Waals surface area contributed by atoms with Gasteiger partial charge in [0, 0.05) is 16.7 Å². The highest BCUT2D eigenvalue weighted by atomic mass is 15.0. The van der Waals surface area contributed by atoms with E-state index in [1.54, 1.807) is 0 Å². The van der Waals surface area contributed by atoms with E-state index in [4.69, 9.17) is 4.98 Å². The number of imidazole rings is 1. The first kappa shape index (κ1) is 17.7. The van der Waals surface area contributed by atoms with E-state index in [2.05, 4.69) is 54.2 Å². The summed E-state index contributed by atoms with van der Waals surface area (Å²) in [5.41, 5.74) is 5.76. The lowest BCUT2D eigenvalue weighted by Gasteiger charge is -2.14. The zero-order chi connectivity index (χ0) is 18.9. The predicted octanol–water partition coefficient (Wildman–Crippen LogP) is 5.41. The van der Waals surface area contributed by atoms with Crippen LogP contribution in [0.25, 0.3) is 22.6 Å². The van der Waals surface area contributed by atoms with Crippen LogP contribution >= 0.6 is 0 Å². The summed E-state index contributed by atoms with van der Waals surface area (Å²) in [4.78, 5) is 21.1. The number of H-pyrrole nitrogens is 1. The molecular formula is C21H23N5. The van der Waals surface area contributed by atoms with Gasteiger partial charge in [0.25, 0.3) is 0 Å². The molecule has 2 aromatic heterocycles. The molecule has 26 heavy (non-hydrogen) atoms. The highest BCUT2D eigenvalue weighted by molar-refractivity contribution is 5.81. The summed E-state index contributed by atoms with van der Waals surface area (Å²) in [6.07, 6.45) is 0. The van der Waals surface area contributed by atoms with Gasteiger partial charge in [-0.25, -0.2) is 4.98 Å². The number of aryl methyl sites for hydroxylation is 1. The summed E-state index contributed by atoms with van der Waals surface area (Å²) < 4.78 is 0. The molecule has 0 saturated carbocycles. The molecule has 2 heterocycles. The van der Waals surface area contributed by atoms with Crippen molar-refractivity contribution in [2.45, 2.75) is 33.1 Å². The number of hydrogen-bond donors (Lipinski definition) is 1. The topological polar surface area (TPSA) is 66.3 Å². The Kier molecular flexibility index (Phi) is 4.55. The molecule has 0 spiro atoms. The van der Waals surface area contributed by atoms with E-state index < -0.39 is 0 Å². The van der Waals surface area contributed by atoms with Crippen molar-refractivity contribution in [3.63, 3.8) is 0 Å². The number of rotatable bonds is 4. The summed E-state index contributed by atoms with van der Waals surface area (Å²) >= 11 is 0. The van der Waals surface area contributed by atoms with Crippen LogP contribution in [0.1, 0.15) is 32.3 Å². The number of hydrogen-bond acceptors (Lipinski definition) is 4.